The molecule has 0 saturated carbocycles. The van der Waals surface area contributed by atoms with Crippen molar-refractivity contribution in [3.05, 3.63) is 42.2 Å². The summed E-state index contributed by atoms with van der Waals surface area (Å²) in [5.74, 6) is 0.396. The van der Waals surface area contributed by atoms with Crippen LogP contribution in [0.3, 0.4) is 0 Å². The van der Waals surface area contributed by atoms with Crippen molar-refractivity contribution in [1.29, 1.82) is 0 Å². The van der Waals surface area contributed by atoms with E-state index in [9.17, 15) is 9.18 Å². The first kappa shape index (κ1) is 25.4. The molecule has 2 N–H and O–H groups in total. The molecule has 29 heavy (non-hydrogen) atoms. The Labute approximate surface area is 182 Å². The molecule has 0 bridgehead atoms. The Balaban J connectivity index is 0.00000210. The van der Waals surface area contributed by atoms with Gasteiger partial charge < -0.3 is 19.8 Å². The van der Waals surface area contributed by atoms with Crippen LogP contribution in [-0.2, 0) is 16.0 Å². The summed E-state index contributed by atoms with van der Waals surface area (Å²) in [4.78, 5) is 16.4. The molecule has 1 aromatic carbocycles. The second-order valence-corrected chi connectivity index (χ2v) is 7.06. The summed E-state index contributed by atoms with van der Waals surface area (Å²) in [6.07, 6.45) is 4.10. The maximum absolute atomic E-state index is 13.8. The van der Waals surface area contributed by atoms with Gasteiger partial charge in [0.05, 0.1) is 18.4 Å². The summed E-state index contributed by atoms with van der Waals surface area (Å²) < 4.78 is 24.8. The van der Waals surface area contributed by atoms with Gasteiger partial charge >= 0.3 is 0 Å². The topological polar surface area (TPSA) is 76.4 Å². The summed E-state index contributed by atoms with van der Waals surface area (Å²) in [6.45, 7) is 3.12. The fourth-order valence-corrected chi connectivity index (χ4v) is 3.44. The second kappa shape index (κ2) is 12.1. The highest BCUT2D eigenvalue weighted by Gasteiger charge is 2.32. The Morgan fingerprint density at radius 2 is 2.03 bits per heavy atom. The molecule has 1 aliphatic heterocycles. The highest BCUT2D eigenvalue weighted by molar-refractivity contribution is 5.85. The van der Waals surface area contributed by atoms with Gasteiger partial charge in [0.1, 0.15) is 5.82 Å². The molecule has 0 unspecified atom stereocenters. The van der Waals surface area contributed by atoms with Crippen molar-refractivity contribution < 1.29 is 18.3 Å². The monoisotopic (exact) mass is 447 g/mol. The molecule has 1 aliphatic rings. The molecule has 0 atom stereocenters. The Kier molecular flexibility index (Phi) is 10.6. The van der Waals surface area contributed by atoms with Gasteiger partial charge in [0.15, 0.2) is 11.7 Å². The quantitative estimate of drug-likeness (QED) is 0.648. The van der Waals surface area contributed by atoms with Crippen molar-refractivity contribution in [3.63, 3.8) is 0 Å². The number of piperidine rings is 1. The van der Waals surface area contributed by atoms with Gasteiger partial charge in [-0.3, -0.25) is 4.79 Å². The Hall–Kier alpha value is -1.67. The maximum atomic E-state index is 13.8. The first-order valence-corrected chi connectivity index (χ1v) is 9.28. The van der Waals surface area contributed by atoms with E-state index in [4.69, 9.17) is 9.15 Å². The van der Waals surface area contributed by atoms with E-state index in [1.165, 1.54) is 12.3 Å². The van der Waals surface area contributed by atoms with Crippen molar-refractivity contribution in [1.82, 2.24) is 15.6 Å². The molecular formula is C20H28Cl2FN3O3. The molecule has 0 radical (unpaired) electrons. The lowest BCUT2D eigenvalue weighted by molar-refractivity contribution is -0.122. The van der Waals surface area contributed by atoms with E-state index in [-0.39, 0.29) is 48.4 Å². The van der Waals surface area contributed by atoms with Gasteiger partial charge in [0.2, 0.25) is 5.91 Å². The van der Waals surface area contributed by atoms with E-state index in [1.807, 2.05) is 0 Å². The molecule has 2 heterocycles. The van der Waals surface area contributed by atoms with Crippen LogP contribution in [0, 0.1) is 11.2 Å². The van der Waals surface area contributed by atoms with Crippen LogP contribution < -0.4 is 10.6 Å². The third kappa shape index (κ3) is 6.96. The molecule has 6 nitrogen and oxygen atoms in total. The number of hydrogen-bond acceptors (Lipinski definition) is 5. The fraction of sp³-hybridized carbons (Fsp3) is 0.500. The number of methoxy groups -OCH3 is 1. The van der Waals surface area contributed by atoms with E-state index in [0.29, 0.717) is 36.8 Å². The number of carbonyl (C=O) groups is 1. The Morgan fingerprint density at radius 1 is 1.31 bits per heavy atom. The zero-order valence-corrected chi connectivity index (χ0v) is 18.0. The molecule has 1 fully saturated rings. The normalized spacial score (nSPS) is 15.1. The summed E-state index contributed by atoms with van der Waals surface area (Å²) in [6, 6.07) is 6.38. The number of aryl methyl sites for hydroxylation is 1. The highest BCUT2D eigenvalue weighted by atomic mass is 35.5. The van der Waals surface area contributed by atoms with Crippen LogP contribution in [0.1, 0.15) is 25.2 Å². The van der Waals surface area contributed by atoms with Gasteiger partial charge in [-0.25, -0.2) is 9.37 Å². The van der Waals surface area contributed by atoms with Crippen LogP contribution in [0.25, 0.3) is 11.3 Å². The van der Waals surface area contributed by atoms with E-state index >= 15 is 0 Å². The predicted molar refractivity (Wildman–Crippen MR) is 114 cm³/mol. The zero-order chi connectivity index (χ0) is 19.1. The standard InChI is InChI=1S/C20H26FN3O3.2ClH/c1-26-14-20(8-10-22-11-9-20)13-24-18(25)6-7-19-23-12-17(27-19)15-4-2-3-5-16(15)21;;/h2-5,12,22H,6-11,13-14H2,1H3,(H,24,25);2*1H. The van der Waals surface area contributed by atoms with Crippen LogP contribution in [0.2, 0.25) is 0 Å². The molecule has 2 aromatic rings. The number of rotatable bonds is 8. The number of oxazole rings is 1. The maximum Gasteiger partial charge on any atom is 0.220 e. The Morgan fingerprint density at radius 3 is 2.72 bits per heavy atom. The van der Waals surface area contributed by atoms with Crippen molar-refractivity contribution in [2.45, 2.75) is 25.7 Å². The number of ether oxygens (including phenoxy) is 1. The van der Waals surface area contributed by atoms with Crippen LogP contribution in [0.15, 0.2) is 34.9 Å². The summed E-state index contributed by atoms with van der Waals surface area (Å²) >= 11 is 0. The van der Waals surface area contributed by atoms with Gasteiger partial charge in [-0.15, -0.1) is 24.8 Å². The number of halogens is 3. The lowest BCUT2D eigenvalue weighted by Crippen LogP contribution is -2.47. The van der Waals surface area contributed by atoms with E-state index < -0.39 is 0 Å². The predicted octanol–water partition coefficient (Wildman–Crippen LogP) is 3.39. The summed E-state index contributed by atoms with van der Waals surface area (Å²) in [5, 5.41) is 6.36. The lowest BCUT2D eigenvalue weighted by atomic mass is 9.79. The van der Waals surface area contributed by atoms with Gasteiger partial charge in [-0.2, -0.15) is 0 Å². The van der Waals surface area contributed by atoms with E-state index in [2.05, 4.69) is 15.6 Å². The molecule has 1 aromatic heterocycles. The average Bonchev–Trinajstić information content (AvgIpc) is 3.15. The van der Waals surface area contributed by atoms with Gasteiger partial charge in [0.25, 0.3) is 0 Å². The SMILES string of the molecule is COCC1(CNC(=O)CCc2ncc(-c3ccccc3F)o2)CCNCC1.Cl.Cl. The van der Waals surface area contributed by atoms with Crippen molar-refractivity contribution in [2.75, 3.05) is 33.4 Å². The van der Waals surface area contributed by atoms with Gasteiger partial charge in [-0.1, -0.05) is 12.1 Å². The number of amides is 1. The zero-order valence-electron chi connectivity index (χ0n) is 16.4. The lowest BCUT2D eigenvalue weighted by Gasteiger charge is -2.37. The molecule has 1 amide bonds. The Bertz CT molecular complexity index is 761. The number of aromatic nitrogens is 1. The molecule has 9 heteroatoms. The molecule has 1 saturated heterocycles. The van der Waals surface area contributed by atoms with E-state index in [0.717, 1.165) is 25.9 Å². The minimum Gasteiger partial charge on any atom is -0.441 e. The first-order chi connectivity index (χ1) is 13.1. The second-order valence-electron chi connectivity index (χ2n) is 7.06. The van der Waals surface area contributed by atoms with Crippen LogP contribution in [0.4, 0.5) is 4.39 Å². The number of carbonyl (C=O) groups excluding carboxylic acids is 1. The van der Waals surface area contributed by atoms with Crippen molar-refractivity contribution in [2.24, 2.45) is 5.41 Å². The van der Waals surface area contributed by atoms with Gasteiger partial charge in [-0.05, 0) is 38.1 Å². The number of nitrogens with zero attached hydrogens (tertiary/aromatic N) is 1. The van der Waals surface area contributed by atoms with Crippen LogP contribution in [-0.4, -0.2) is 44.2 Å². The van der Waals surface area contributed by atoms with Crippen LogP contribution >= 0.6 is 24.8 Å². The largest absolute Gasteiger partial charge is 0.441 e. The molecule has 0 spiro atoms. The molecule has 3 rings (SSSR count). The van der Waals surface area contributed by atoms with Crippen molar-refractivity contribution in [3.8, 4) is 11.3 Å². The smallest absolute Gasteiger partial charge is 0.220 e. The van der Waals surface area contributed by atoms with Crippen molar-refractivity contribution >= 4 is 30.7 Å². The fourth-order valence-electron chi connectivity index (χ4n) is 3.44. The van der Waals surface area contributed by atoms with Gasteiger partial charge in [0, 0.05) is 31.9 Å². The summed E-state index contributed by atoms with van der Waals surface area (Å²) in [7, 11) is 1.70. The number of benzene rings is 1. The minimum absolute atomic E-state index is 0. The van der Waals surface area contributed by atoms with Crippen LogP contribution in [0.5, 0.6) is 0 Å². The first-order valence-electron chi connectivity index (χ1n) is 9.28. The molecule has 162 valence electrons. The molecular weight excluding hydrogens is 420 g/mol. The average molecular weight is 448 g/mol. The van der Waals surface area contributed by atoms with E-state index in [1.54, 1.807) is 25.3 Å². The minimum atomic E-state index is -0.358. The number of hydrogen-bond donors (Lipinski definition) is 2. The highest BCUT2D eigenvalue weighted by Crippen LogP contribution is 2.28. The summed E-state index contributed by atoms with van der Waals surface area (Å²) in [5.41, 5.74) is 0.365. The number of nitrogens with one attached hydrogen (secondary N) is 2. The third-order valence-electron chi connectivity index (χ3n) is 5.03. The third-order valence-corrected chi connectivity index (χ3v) is 5.03. The molecule has 0 aliphatic carbocycles.